The van der Waals surface area contributed by atoms with Gasteiger partial charge in [-0.25, -0.2) is 14.5 Å². The Bertz CT molecular complexity index is 1310. The van der Waals surface area contributed by atoms with Gasteiger partial charge in [-0.1, -0.05) is 18.2 Å². The summed E-state index contributed by atoms with van der Waals surface area (Å²) < 4.78 is 14.5. The molecule has 3 aromatic heterocycles. The third-order valence-electron chi connectivity index (χ3n) is 4.72. The van der Waals surface area contributed by atoms with Crippen LogP contribution >= 0.6 is 0 Å². The lowest BCUT2D eigenvalue weighted by atomic mass is 10.1. The molecule has 0 aliphatic heterocycles. The van der Waals surface area contributed by atoms with E-state index >= 15 is 0 Å². The van der Waals surface area contributed by atoms with E-state index in [1.807, 2.05) is 55.6 Å². The number of benzene rings is 2. The molecule has 5 rings (SSSR count). The Labute approximate surface area is 166 Å². The SMILES string of the molecule is COc1ccc(OCc2cccc(-c3nc4c5cnn(C)c5ncn4n3)c2)cc1. The summed E-state index contributed by atoms with van der Waals surface area (Å²) in [5, 5.41) is 9.70. The molecule has 3 heterocycles. The molecule has 0 radical (unpaired) electrons. The Balaban J connectivity index is 1.42. The molecule has 0 aliphatic carbocycles. The highest BCUT2D eigenvalue weighted by molar-refractivity contribution is 5.89. The zero-order valence-electron chi connectivity index (χ0n) is 16.0. The summed E-state index contributed by atoms with van der Waals surface area (Å²) >= 11 is 0. The van der Waals surface area contributed by atoms with Gasteiger partial charge in [0.25, 0.3) is 0 Å². The molecular weight excluding hydrogens is 368 g/mol. The fourth-order valence-corrected chi connectivity index (χ4v) is 3.20. The quantitative estimate of drug-likeness (QED) is 0.461. The van der Waals surface area contributed by atoms with E-state index in [1.54, 1.807) is 28.8 Å². The van der Waals surface area contributed by atoms with Gasteiger partial charge in [0.2, 0.25) is 0 Å². The minimum Gasteiger partial charge on any atom is -0.497 e. The Kier molecular flexibility index (Phi) is 4.09. The van der Waals surface area contributed by atoms with Crippen molar-refractivity contribution in [2.24, 2.45) is 7.05 Å². The Hall–Kier alpha value is -3.94. The lowest BCUT2D eigenvalue weighted by Gasteiger charge is -2.08. The Morgan fingerprint density at radius 3 is 2.66 bits per heavy atom. The maximum absolute atomic E-state index is 5.88. The van der Waals surface area contributed by atoms with Crippen LogP contribution in [0.4, 0.5) is 0 Å². The van der Waals surface area contributed by atoms with Crippen molar-refractivity contribution in [2.45, 2.75) is 6.61 Å². The van der Waals surface area contributed by atoms with Gasteiger partial charge < -0.3 is 9.47 Å². The number of ether oxygens (including phenoxy) is 2. The number of methoxy groups -OCH3 is 1. The first-order valence-electron chi connectivity index (χ1n) is 9.10. The molecule has 8 heteroatoms. The Morgan fingerprint density at radius 1 is 1.00 bits per heavy atom. The van der Waals surface area contributed by atoms with Gasteiger partial charge in [0, 0.05) is 12.6 Å². The molecule has 8 nitrogen and oxygen atoms in total. The van der Waals surface area contributed by atoms with Crippen molar-refractivity contribution >= 4 is 16.7 Å². The molecule has 5 aromatic rings. The molecule has 0 bridgehead atoms. The minimum atomic E-state index is 0.446. The van der Waals surface area contributed by atoms with Gasteiger partial charge in [-0.3, -0.25) is 4.68 Å². The van der Waals surface area contributed by atoms with Crippen LogP contribution in [0.25, 0.3) is 28.1 Å². The van der Waals surface area contributed by atoms with Gasteiger partial charge in [-0.05, 0) is 35.9 Å². The molecular formula is C21H18N6O2. The van der Waals surface area contributed by atoms with Crippen molar-refractivity contribution in [3.63, 3.8) is 0 Å². The molecule has 0 fully saturated rings. The van der Waals surface area contributed by atoms with Gasteiger partial charge in [0.1, 0.15) is 24.4 Å². The number of nitrogens with zero attached hydrogens (tertiary/aromatic N) is 6. The number of aromatic nitrogens is 6. The van der Waals surface area contributed by atoms with E-state index in [0.29, 0.717) is 12.4 Å². The molecule has 0 aliphatic rings. The van der Waals surface area contributed by atoms with Crippen molar-refractivity contribution in [1.29, 1.82) is 0 Å². The molecule has 144 valence electrons. The highest BCUT2D eigenvalue weighted by atomic mass is 16.5. The predicted molar refractivity (Wildman–Crippen MR) is 108 cm³/mol. The largest absolute Gasteiger partial charge is 0.497 e. The lowest BCUT2D eigenvalue weighted by Crippen LogP contribution is -1.96. The van der Waals surface area contributed by atoms with Crippen LogP contribution in [0.3, 0.4) is 0 Å². The molecule has 0 N–H and O–H groups in total. The molecule has 0 amide bonds. The van der Waals surface area contributed by atoms with Crippen molar-refractivity contribution in [1.82, 2.24) is 29.4 Å². The van der Waals surface area contributed by atoms with Gasteiger partial charge >= 0.3 is 0 Å². The summed E-state index contributed by atoms with van der Waals surface area (Å²) in [6, 6.07) is 15.5. The molecule has 0 spiro atoms. The van der Waals surface area contributed by atoms with E-state index in [9.17, 15) is 0 Å². The molecule has 29 heavy (non-hydrogen) atoms. The standard InChI is InChI=1S/C21H18N6O2/c1-26-20-18(11-23-26)21-24-19(25-27(21)13-22-20)15-5-3-4-14(10-15)12-29-17-8-6-16(28-2)7-9-17/h3-11,13H,12H2,1-2H3. The normalized spacial score (nSPS) is 11.2. The summed E-state index contributed by atoms with van der Waals surface area (Å²) in [5.74, 6) is 2.22. The molecule has 0 saturated carbocycles. The number of hydrogen-bond acceptors (Lipinski definition) is 6. The number of fused-ring (bicyclic) bond motifs is 3. The second kappa shape index (κ2) is 6.90. The molecule has 0 unspecified atom stereocenters. The summed E-state index contributed by atoms with van der Waals surface area (Å²) in [4.78, 5) is 9.11. The van der Waals surface area contributed by atoms with Gasteiger partial charge in [0.15, 0.2) is 17.1 Å². The van der Waals surface area contributed by atoms with E-state index in [-0.39, 0.29) is 0 Å². The van der Waals surface area contributed by atoms with Crippen molar-refractivity contribution in [3.8, 4) is 22.9 Å². The van der Waals surface area contributed by atoms with Crippen molar-refractivity contribution in [2.75, 3.05) is 7.11 Å². The van der Waals surface area contributed by atoms with Gasteiger partial charge in [-0.2, -0.15) is 5.10 Å². The van der Waals surface area contributed by atoms with Crippen LogP contribution in [0.5, 0.6) is 11.5 Å². The molecule has 2 aromatic carbocycles. The Morgan fingerprint density at radius 2 is 1.83 bits per heavy atom. The highest BCUT2D eigenvalue weighted by Crippen LogP contribution is 2.23. The number of hydrogen-bond donors (Lipinski definition) is 0. The molecule has 0 atom stereocenters. The van der Waals surface area contributed by atoms with E-state index in [2.05, 4.69) is 15.2 Å². The smallest absolute Gasteiger partial charge is 0.182 e. The molecule has 0 saturated heterocycles. The van der Waals surface area contributed by atoms with Gasteiger partial charge in [-0.15, -0.1) is 5.10 Å². The number of aryl methyl sites for hydroxylation is 1. The van der Waals surface area contributed by atoms with E-state index in [1.165, 1.54) is 0 Å². The first-order valence-corrected chi connectivity index (χ1v) is 9.10. The van der Waals surface area contributed by atoms with E-state index in [4.69, 9.17) is 14.5 Å². The lowest BCUT2D eigenvalue weighted by molar-refractivity contribution is 0.305. The van der Waals surface area contributed by atoms with Crippen LogP contribution in [0.15, 0.2) is 61.1 Å². The van der Waals surface area contributed by atoms with Crippen LogP contribution < -0.4 is 9.47 Å². The monoisotopic (exact) mass is 386 g/mol. The van der Waals surface area contributed by atoms with Crippen molar-refractivity contribution < 1.29 is 9.47 Å². The highest BCUT2D eigenvalue weighted by Gasteiger charge is 2.12. The third-order valence-corrected chi connectivity index (χ3v) is 4.72. The van der Waals surface area contributed by atoms with Crippen LogP contribution in [0, 0.1) is 0 Å². The minimum absolute atomic E-state index is 0.446. The summed E-state index contributed by atoms with van der Waals surface area (Å²) in [6.45, 7) is 0.446. The average molecular weight is 386 g/mol. The second-order valence-corrected chi connectivity index (χ2v) is 6.62. The van der Waals surface area contributed by atoms with Crippen molar-refractivity contribution in [3.05, 3.63) is 66.6 Å². The fraction of sp³-hybridized carbons (Fsp3) is 0.143. The second-order valence-electron chi connectivity index (χ2n) is 6.62. The summed E-state index contributed by atoms with van der Waals surface area (Å²) in [5.41, 5.74) is 3.46. The first kappa shape index (κ1) is 17.2. The third kappa shape index (κ3) is 3.14. The van der Waals surface area contributed by atoms with Gasteiger partial charge in [0.05, 0.1) is 18.7 Å². The topological polar surface area (TPSA) is 79.4 Å². The number of rotatable bonds is 5. The zero-order valence-corrected chi connectivity index (χ0v) is 16.0. The van der Waals surface area contributed by atoms with E-state index in [0.717, 1.165) is 39.3 Å². The first-order chi connectivity index (χ1) is 14.2. The maximum atomic E-state index is 5.88. The van der Waals surface area contributed by atoms with E-state index < -0.39 is 0 Å². The van der Waals surface area contributed by atoms with Crippen LogP contribution in [-0.2, 0) is 13.7 Å². The van der Waals surface area contributed by atoms with Crippen LogP contribution in [0.2, 0.25) is 0 Å². The predicted octanol–water partition coefficient (Wildman–Crippen LogP) is 3.27. The maximum Gasteiger partial charge on any atom is 0.182 e. The zero-order chi connectivity index (χ0) is 19.8. The summed E-state index contributed by atoms with van der Waals surface area (Å²) in [6.07, 6.45) is 3.42. The fourth-order valence-electron chi connectivity index (χ4n) is 3.20. The van der Waals surface area contributed by atoms with Crippen LogP contribution in [-0.4, -0.2) is 36.5 Å². The average Bonchev–Trinajstić information content (AvgIpc) is 3.36. The van der Waals surface area contributed by atoms with Crippen LogP contribution in [0.1, 0.15) is 5.56 Å². The summed E-state index contributed by atoms with van der Waals surface area (Å²) in [7, 11) is 3.50.